The van der Waals surface area contributed by atoms with E-state index in [1.165, 1.54) is 6.92 Å². The molecule has 1 radical (unpaired) electrons. The predicted molar refractivity (Wildman–Crippen MR) is 46.3 cm³/mol. The van der Waals surface area contributed by atoms with Crippen molar-refractivity contribution in [2.45, 2.75) is 26.4 Å². The Hall–Kier alpha value is -1.05. The number of rotatable bonds is 2. The maximum Gasteiger partial charge on any atom is 0.302 e. The average molecular weight is 165 g/mol. The lowest BCUT2D eigenvalue weighted by Gasteiger charge is -2.20. The summed E-state index contributed by atoms with van der Waals surface area (Å²) < 4.78 is 5.05. The first-order valence-corrected chi connectivity index (χ1v) is 4.11. The molecule has 0 aromatic carbocycles. The molecule has 1 rings (SSSR count). The summed E-state index contributed by atoms with van der Waals surface area (Å²) in [5, 5.41) is 0. The molecule has 0 amide bonds. The fourth-order valence-electron chi connectivity index (χ4n) is 1.21. The number of esters is 1. The SMILES string of the molecule is CC(=O)O[C@H](C)C1C=CC=[C]C1. The lowest BCUT2D eigenvalue weighted by atomic mass is 9.96. The van der Waals surface area contributed by atoms with E-state index in [1.807, 2.05) is 25.2 Å². The van der Waals surface area contributed by atoms with Crippen LogP contribution in [0.1, 0.15) is 20.3 Å². The van der Waals surface area contributed by atoms with Crippen molar-refractivity contribution in [3.05, 3.63) is 24.3 Å². The Morgan fingerprint density at radius 3 is 3.00 bits per heavy atom. The molecule has 0 saturated carbocycles. The van der Waals surface area contributed by atoms with E-state index in [1.54, 1.807) is 0 Å². The number of carbonyl (C=O) groups is 1. The maximum atomic E-state index is 10.6. The molecule has 0 saturated heterocycles. The van der Waals surface area contributed by atoms with Crippen molar-refractivity contribution >= 4 is 5.97 Å². The highest BCUT2D eigenvalue weighted by Gasteiger charge is 2.16. The van der Waals surface area contributed by atoms with Crippen molar-refractivity contribution < 1.29 is 9.53 Å². The summed E-state index contributed by atoms with van der Waals surface area (Å²) in [4.78, 5) is 10.6. The van der Waals surface area contributed by atoms with Crippen LogP contribution in [0.2, 0.25) is 0 Å². The van der Waals surface area contributed by atoms with Gasteiger partial charge in [0.1, 0.15) is 6.10 Å². The predicted octanol–water partition coefficient (Wildman–Crippen LogP) is 1.87. The molecule has 0 spiro atoms. The van der Waals surface area contributed by atoms with Gasteiger partial charge in [-0.05, 0) is 19.4 Å². The van der Waals surface area contributed by atoms with E-state index >= 15 is 0 Å². The van der Waals surface area contributed by atoms with Gasteiger partial charge in [0.05, 0.1) is 0 Å². The Morgan fingerprint density at radius 2 is 2.50 bits per heavy atom. The van der Waals surface area contributed by atoms with E-state index < -0.39 is 0 Å². The molecule has 2 heteroatoms. The van der Waals surface area contributed by atoms with Crippen LogP contribution in [0, 0.1) is 12.0 Å². The van der Waals surface area contributed by atoms with E-state index in [-0.39, 0.29) is 12.1 Å². The zero-order chi connectivity index (χ0) is 8.97. The standard InChI is InChI=1S/C10H13O2/c1-8(12-9(2)11)10-6-4-3-5-7-10/h3-4,6,8,10H,7H2,1-2H3/t8-,10?/m1/s1. The van der Waals surface area contributed by atoms with Crippen molar-refractivity contribution in [2.75, 3.05) is 0 Å². The zero-order valence-corrected chi connectivity index (χ0v) is 7.41. The third-order valence-corrected chi connectivity index (χ3v) is 1.88. The summed E-state index contributed by atoms with van der Waals surface area (Å²) in [5.74, 6) is 0.0735. The molecule has 2 nitrogen and oxygen atoms in total. The lowest BCUT2D eigenvalue weighted by molar-refractivity contribution is -0.147. The number of allylic oxidation sites excluding steroid dienone is 3. The quantitative estimate of drug-likeness (QED) is 0.584. The van der Waals surface area contributed by atoms with E-state index in [0.717, 1.165) is 6.42 Å². The molecule has 0 aliphatic heterocycles. The molecule has 12 heavy (non-hydrogen) atoms. The first-order valence-electron chi connectivity index (χ1n) is 4.11. The topological polar surface area (TPSA) is 26.3 Å². The summed E-state index contributed by atoms with van der Waals surface area (Å²) in [6.07, 6.45) is 9.75. The van der Waals surface area contributed by atoms with Crippen molar-refractivity contribution in [2.24, 2.45) is 5.92 Å². The van der Waals surface area contributed by atoms with Crippen LogP contribution in [-0.4, -0.2) is 12.1 Å². The molecule has 1 aliphatic carbocycles. The lowest BCUT2D eigenvalue weighted by Crippen LogP contribution is -2.21. The number of ether oxygens (including phenoxy) is 1. The second kappa shape index (κ2) is 4.10. The summed E-state index contributed by atoms with van der Waals surface area (Å²) in [7, 11) is 0. The van der Waals surface area contributed by atoms with Crippen molar-refractivity contribution in [1.29, 1.82) is 0 Å². The van der Waals surface area contributed by atoms with Crippen LogP contribution >= 0.6 is 0 Å². The summed E-state index contributed by atoms with van der Waals surface area (Å²) in [5.41, 5.74) is 0. The van der Waals surface area contributed by atoms with Gasteiger partial charge in [0.25, 0.3) is 0 Å². The number of hydrogen-bond donors (Lipinski definition) is 0. The van der Waals surface area contributed by atoms with Gasteiger partial charge in [0.2, 0.25) is 0 Å². The zero-order valence-electron chi connectivity index (χ0n) is 7.41. The first kappa shape index (κ1) is 9.04. The smallest absolute Gasteiger partial charge is 0.302 e. The molecule has 0 aromatic heterocycles. The van der Waals surface area contributed by atoms with Gasteiger partial charge < -0.3 is 4.74 Å². The Kier molecular flexibility index (Phi) is 3.09. The third kappa shape index (κ3) is 2.53. The Bertz CT molecular complexity index is 216. The molecule has 0 heterocycles. The Balaban J connectivity index is 2.42. The van der Waals surface area contributed by atoms with Gasteiger partial charge in [-0.1, -0.05) is 18.2 Å². The van der Waals surface area contributed by atoms with E-state index in [9.17, 15) is 4.79 Å². The van der Waals surface area contributed by atoms with Crippen molar-refractivity contribution in [3.63, 3.8) is 0 Å². The minimum absolute atomic E-state index is 0.0417. The molecule has 2 atom stereocenters. The van der Waals surface area contributed by atoms with Gasteiger partial charge in [-0.3, -0.25) is 4.79 Å². The molecule has 1 aliphatic rings. The van der Waals surface area contributed by atoms with Gasteiger partial charge in [-0.15, -0.1) is 0 Å². The van der Waals surface area contributed by atoms with Crippen LogP contribution < -0.4 is 0 Å². The molecular weight excluding hydrogens is 152 g/mol. The van der Waals surface area contributed by atoms with E-state index in [2.05, 4.69) is 6.08 Å². The van der Waals surface area contributed by atoms with Crippen LogP contribution in [0.5, 0.6) is 0 Å². The molecule has 0 bridgehead atoms. The minimum Gasteiger partial charge on any atom is -0.462 e. The van der Waals surface area contributed by atoms with Crippen LogP contribution in [0.25, 0.3) is 0 Å². The molecule has 0 fully saturated rings. The highest BCUT2D eigenvalue weighted by Crippen LogP contribution is 2.17. The summed E-state index contributed by atoms with van der Waals surface area (Å²) >= 11 is 0. The monoisotopic (exact) mass is 165 g/mol. The summed E-state index contributed by atoms with van der Waals surface area (Å²) in [6.45, 7) is 3.34. The van der Waals surface area contributed by atoms with Crippen LogP contribution in [0.3, 0.4) is 0 Å². The number of hydrogen-bond acceptors (Lipinski definition) is 2. The molecule has 0 N–H and O–H groups in total. The van der Waals surface area contributed by atoms with Gasteiger partial charge >= 0.3 is 5.97 Å². The molecular formula is C10H13O2. The average Bonchev–Trinajstić information content (AvgIpc) is 2.05. The van der Waals surface area contributed by atoms with Crippen molar-refractivity contribution in [3.8, 4) is 0 Å². The molecule has 0 aromatic rings. The van der Waals surface area contributed by atoms with Crippen LogP contribution in [-0.2, 0) is 9.53 Å². The van der Waals surface area contributed by atoms with Gasteiger partial charge in [-0.25, -0.2) is 0 Å². The van der Waals surface area contributed by atoms with Crippen LogP contribution in [0.15, 0.2) is 18.2 Å². The van der Waals surface area contributed by atoms with Gasteiger partial charge in [-0.2, -0.15) is 0 Å². The van der Waals surface area contributed by atoms with Gasteiger partial charge in [0, 0.05) is 12.8 Å². The van der Waals surface area contributed by atoms with Gasteiger partial charge in [0.15, 0.2) is 0 Å². The van der Waals surface area contributed by atoms with Crippen molar-refractivity contribution in [1.82, 2.24) is 0 Å². The third-order valence-electron chi connectivity index (χ3n) is 1.88. The Morgan fingerprint density at radius 1 is 1.75 bits per heavy atom. The highest BCUT2D eigenvalue weighted by molar-refractivity contribution is 5.66. The molecule has 1 unspecified atom stereocenters. The maximum absolute atomic E-state index is 10.6. The first-order chi connectivity index (χ1) is 5.70. The minimum atomic E-state index is -0.217. The van der Waals surface area contributed by atoms with Crippen LogP contribution in [0.4, 0.5) is 0 Å². The van der Waals surface area contributed by atoms with E-state index in [4.69, 9.17) is 4.74 Å². The highest BCUT2D eigenvalue weighted by atomic mass is 16.5. The molecule has 65 valence electrons. The fourth-order valence-corrected chi connectivity index (χ4v) is 1.21. The normalized spacial score (nSPS) is 23.7. The second-order valence-corrected chi connectivity index (χ2v) is 2.94. The fraction of sp³-hybridized carbons (Fsp3) is 0.500. The Labute approximate surface area is 72.9 Å². The number of carbonyl (C=O) groups excluding carboxylic acids is 1. The largest absolute Gasteiger partial charge is 0.462 e. The second-order valence-electron chi connectivity index (χ2n) is 2.94. The van der Waals surface area contributed by atoms with E-state index in [0.29, 0.717) is 5.92 Å². The summed E-state index contributed by atoms with van der Waals surface area (Å²) in [6, 6.07) is 0.